The average Bonchev–Trinajstić information content (AvgIpc) is 3.26. The molecule has 24 heavy (non-hydrogen) atoms. The SMILES string of the molecule is CCc1ccc(C(=O)OC(Cn2cncn2)c2ccc(Cl)cc2)o1. The maximum absolute atomic E-state index is 12.4. The fourth-order valence-electron chi connectivity index (χ4n) is 2.25. The minimum Gasteiger partial charge on any atom is -0.454 e. The lowest BCUT2D eigenvalue weighted by Crippen LogP contribution is -2.17. The van der Waals surface area contributed by atoms with E-state index in [1.165, 1.54) is 6.33 Å². The maximum atomic E-state index is 12.4. The van der Waals surface area contributed by atoms with Crippen LogP contribution in [-0.4, -0.2) is 20.7 Å². The minimum atomic E-state index is -0.536. The quantitative estimate of drug-likeness (QED) is 0.637. The molecule has 0 N–H and O–H groups in total. The van der Waals surface area contributed by atoms with Gasteiger partial charge in [0.1, 0.15) is 24.5 Å². The van der Waals surface area contributed by atoms with Crippen LogP contribution >= 0.6 is 11.6 Å². The molecule has 2 aromatic heterocycles. The van der Waals surface area contributed by atoms with Crippen molar-refractivity contribution in [2.24, 2.45) is 0 Å². The molecule has 0 saturated carbocycles. The van der Waals surface area contributed by atoms with Crippen molar-refractivity contribution in [1.29, 1.82) is 0 Å². The second-order valence-corrected chi connectivity index (χ2v) is 5.62. The van der Waals surface area contributed by atoms with Gasteiger partial charge in [-0.15, -0.1) is 0 Å². The normalized spacial score (nSPS) is 12.1. The van der Waals surface area contributed by atoms with Crippen LogP contribution in [0.25, 0.3) is 0 Å². The van der Waals surface area contributed by atoms with Crippen LogP contribution in [0.1, 0.15) is 34.9 Å². The zero-order valence-electron chi connectivity index (χ0n) is 13.1. The average molecular weight is 346 g/mol. The summed E-state index contributed by atoms with van der Waals surface area (Å²) in [7, 11) is 0. The molecule has 6 nitrogen and oxygen atoms in total. The number of rotatable bonds is 6. The first-order valence-corrected chi connectivity index (χ1v) is 7.91. The smallest absolute Gasteiger partial charge is 0.374 e. The molecule has 0 aliphatic carbocycles. The van der Waals surface area contributed by atoms with E-state index in [1.54, 1.807) is 35.3 Å². The summed E-state index contributed by atoms with van der Waals surface area (Å²) < 4.78 is 12.7. The van der Waals surface area contributed by atoms with Crippen LogP contribution in [0.15, 0.2) is 53.5 Å². The summed E-state index contributed by atoms with van der Waals surface area (Å²) >= 11 is 5.93. The number of ether oxygens (including phenoxy) is 1. The van der Waals surface area contributed by atoms with Gasteiger partial charge in [-0.2, -0.15) is 5.10 Å². The largest absolute Gasteiger partial charge is 0.454 e. The highest BCUT2D eigenvalue weighted by Crippen LogP contribution is 2.23. The van der Waals surface area contributed by atoms with Crippen molar-refractivity contribution in [3.63, 3.8) is 0 Å². The number of halogens is 1. The Morgan fingerprint density at radius 1 is 1.29 bits per heavy atom. The van der Waals surface area contributed by atoms with E-state index in [2.05, 4.69) is 10.1 Å². The van der Waals surface area contributed by atoms with Gasteiger partial charge in [-0.1, -0.05) is 30.7 Å². The first-order chi connectivity index (χ1) is 11.7. The van der Waals surface area contributed by atoms with Crippen LogP contribution in [0.4, 0.5) is 0 Å². The lowest BCUT2D eigenvalue weighted by atomic mass is 10.1. The molecule has 0 radical (unpaired) electrons. The summed E-state index contributed by atoms with van der Waals surface area (Å²) in [5.41, 5.74) is 0.811. The summed E-state index contributed by atoms with van der Waals surface area (Å²) in [5, 5.41) is 4.68. The zero-order chi connectivity index (χ0) is 16.9. The molecular formula is C17H16ClN3O3. The molecule has 1 aromatic carbocycles. The number of esters is 1. The van der Waals surface area contributed by atoms with Gasteiger partial charge >= 0.3 is 5.97 Å². The Hall–Kier alpha value is -2.60. The second kappa shape index (κ2) is 7.31. The Kier molecular flexibility index (Phi) is 4.96. The molecule has 0 saturated heterocycles. The Morgan fingerprint density at radius 3 is 2.71 bits per heavy atom. The van der Waals surface area contributed by atoms with E-state index in [-0.39, 0.29) is 5.76 Å². The molecule has 0 aliphatic rings. The Morgan fingerprint density at radius 2 is 2.08 bits per heavy atom. The van der Waals surface area contributed by atoms with Gasteiger partial charge in [-0.25, -0.2) is 14.5 Å². The first kappa shape index (κ1) is 16.3. The van der Waals surface area contributed by atoms with Gasteiger partial charge in [0.05, 0.1) is 6.54 Å². The van der Waals surface area contributed by atoms with Crippen molar-refractivity contribution in [2.45, 2.75) is 26.0 Å². The van der Waals surface area contributed by atoms with Crippen LogP contribution in [0, 0.1) is 0 Å². The van der Waals surface area contributed by atoms with Crippen LogP contribution in [0.2, 0.25) is 5.02 Å². The third kappa shape index (κ3) is 3.83. The van der Waals surface area contributed by atoms with E-state index in [9.17, 15) is 4.79 Å². The van der Waals surface area contributed by atoms with E-state index >= 15 is 0 Å². The molecule has 0 aliphatic heterocycles. The molecule has 3 rings (SSSR count). The van der Waals surface area contributed by atoms with Crippen LogP contribution in [0.3, 0.4) is 0 Å². The summed E-state index contributed by atoms with van der Waals surface area (Å²) in [5.74, 6) is 0.403. The lowest BCUT2D eigenvalue weighted by molar-refractivity contribution is 0.0209. The van der Waals surface area contributed by atoms with Crippen molar-refractivity contribution in [2.75, 3.05) is 0 Å². The lowest BCUT2D eigenvalue weighted by Gasteiger charge is -2.17. The number of hydrogen-bond donors (Lipinski definition) is 0. The summed E-state index contributed by atoms with van der Waals surface area (Å²) in [6.07, 6.45) is 3.18. The molecule has 124 valence electrons. The summed E-state index contributed by atoms with van der Waals surface area (Å²) in [4.78, 5) is 16.3. The molecule has 7 heteroatoms. The minimum absolute atomic E-state index is 0.185. The number of nitrogens with zero attached hydrogens (tertiary/aromatic N) is 3. The first-order valence-electron chi connectivity index (χ1n) is 7.53. The van der Waals surface area contributed by atoms with Crippen molar-refractivity contribution < 1.29 is 13.9 Å². The molecule has 1 unspecified atom stereocenters. The predicted octanol–water partition coefficient (Wildman–Crippen LogP) is 3.69. The van der Waals surface area contributed by atoms with Gasteiger partial charge in [-0.05, 0) is 29.8 Å². The van der Waals surface area contributed by atoms with Crippen LogP contribution < -0.4 is 0 Å². The topological polar surface area (TPSA) is 70.2 Å². The van der Waals surface area contributed by atoms with E-state index in [1.807, 2.05) is 19.1 Å². The predicted molar refractivity (Wildman–Crippen MR) is 87.7 cm³/mol. The number of hydrogen-bond acceptors (Lipinski definition) is 5. The Labute approximate surface area is 144 Å². The molecular weight excluding hydrogens is 330 g/mol. The van der Waals surface area contributed by atoms with E-state index in [0.29, 0.717) is 18.0 Å². The Balaban J connectivity index is 1.80. The fraction of sp³-hybridized carbons (Fsp3) is 0.235. The van der Waals surface area contributed by atoms with Gasteiger partial charge in [0.15, 0.2) is 0 Å². The molecule has 3 aromatic rings. The molecule has 1 atom stereocenters. The summed E-state index contributed by atoms with van der Waals surface area (Å²) in [6, 6.07) is 10.5. The highest BCUT2D eigenvalue weighted by molar-refractivity contribution is 6.30. The van der Waals surface area contributed by atoms with Crippen LogP contribution in [-0.2, 0) is 17.7 Å². The zero-order valence-corrected chi connectivity index (χ0v) is 13.8. The fourth-order valence-corrected chi connectivity index (χ4v) is 2.38. The molecule has 0 spiro atoms. The van der Waals surface area contributed by atoms with Crippen molar-refractivity contribution in [3.8, 4) is 0 Å². The molecule has 0 fully saturated rings. The number of benzene rings is 1. The number of aromatic nitrogens is 3. The monoisotopic (exact) mass is 345 g/mol. The van der Waals surface area contributed by atoms with Crippen molar-refractivity contribution in [3.05, 3.63) is 71.2 Å². The standard InChI is InChI=1S/C17H16ClN3O3/c1-2-14-7-8-15(23-14)17(22)24-16(9-21-11-19-10-20-21)12-3-5-13(18)6-4-12/h3-8,10-11,16H,2,9H2,1H3. The van der Waals surface area contributed by atoms with E-state index in [0.717, 1.165) is 11.3 Å². The van der Waals surface area contributed by atoms with Crippen molar-refractivity contribution in [1.82, 2.24) is 14.8 Å². The third-order valence-electron chi connectivity index (χ3n) is 3.52. The third-order valence-corrected chi connectivity index (χ3v) is 3.77. The van der Waals surface area contributed by atoms with Gasteiger partial charge in [0, 0.05) is 11.4 Å². The van der Waals surface area contributed by atoms with Crippen LogP contribution in [0.5, 0.6) is 0 Å². The number of carbonyl (C=O) groups excluding carboxylic acids is 1. The second-order valence-electron chi connectivity index (χ2n) is 5.18. The molecule has 0 amide bonds. The Bertz CT molecular complexity index is 797. The van der Waals surface area contributed by atoms with Gasteiger partial charge < -0.3 is 9.15 Å². The highest BCUT2D eigenvalue weighted by Gasteiger charge is 2.21. The van der Waals surface area contributed by atoms with Gasteiger partial charge in [0.2, 0.25) is 5.76 Å². The van der Waals surface area contributed by atoms with Gasteiger partial charge in [0.25, 0.3) is 0 Å². The van der Waals surface area contributed by atoms with Crippen molar-refractivity contribution >= 4 is 17.6 Å². The van der Waals surface area contributed by atoms with Gasteiger partial charge in [-0.3, -0.25) is 0 Å². The highest BCUT2D eigenvalue weighted by atomic mass is 35.5. The number of carbonyl (C=O) groups is 1. The number of furan rings is 1. The molecule has 2 heterocycles. The maximum Gasteiger partial charge on any atom is 0.374 e. The number of aryl methyl sites for hydroxylation is 1. The van der Waals surface area contributed by atoms with E-state index < -0.39 is 12.1 Å². The summed E-state index contributed by atoms with van der Waals surface area (Å²) in [6.45, 7) is 2.30. The van der Waals surface area contributed by atoms with E-state index in [4.69, 9.17) is 20.8 Å². The molecule has 0 bridgehead atoms.